The van der Waals surface area contributed by atoms with Gasteiger partial charge in [0, 0.05) is 31.3 Å². The zero-order chi connectivity index (χ0) is 20.5. The largest absolute Gasteiger partial charge is 0.367 e. The molecule has 0 amide bonds. The van der Waals surface area contributed by atoms with Gasteiger partial charge in [-0.25, -0.2) is 9.97 Å². The number of aryl methyl sites for hydroxylation is 2. The summed E-state index contributed by atoms with van der Waals surface area (Å²) in [6.07, 6.45) is 11.1. The Morgan fingerprint density at radius 2 is 2.00 bits per heavy atom. The lowest BCUT2D eigenvalue weighted by molar-refractivity contribution is 0.462. The molecule has 0 unspecified atom stereocenters. The summed E-state index contributed by atoms with van der Waals surface area (Å²) < 4.78 is 3.96. The molecule has 0 saturated heterocycles. The van der Waals surface area contributed by atoms with E-state index in [1.165, 1.54) is 43.2 Å². The molecule has 1 aliphatic carbocycles. The molecule has 0 atom stereocenters. The highest BCUT2D eigenvalue weighted by Gasteiger charge is 2.16. The van der Waals surface area contributed by atoms with Gasteiger partial charge in [-0.15, -0.1) is 0 Å². The molecule has 0 radical (unpaired) electrons. The van der Waals surface area contributed by atoms with Crippen molar-refractivity contribution in [2.24, 2.45) is 7.05 Å². The van der Waals surface area contributed by atoms with E-state index in [4.69, 9.17) is 4.98 Å². The predicted octanol–water partition coefficient (Wildman–Crippen LogP) is 4.54. The molecule has 5 rings (SSSR count). The minimum atomic E-state index is 0.515. The Balaban J connectivity index is 1.42. The highest BCUT2D eigenvalue weighted by molar-refractivity contribution is 5.76. The maximum absolute atomic E-state index is 4.90. The Labute approximate surface area is 176 Å². The van der Waals surface area contributed by atoms with Crippen LogP contribution in [0.2, 0.25) is 0 Å². The monoisotopic (exact) mass is 403 g/mol. The summed E-state index contributed by atoms with van der Waals surface area (Å²) in [7, 11) is 2.02. The van der Waals surface area contributed by atoms with Crippen molar-refractivity contribution in [3.05, 3.63) is 47.9 Å². The van der Waals surface area contributed by atoms with Gasteiger partial charge in [0.2, 0.25) is 0 Å². The van der Waals surface area contributed by atoms with Gasteiger partial charge in [-0.2, -0.15) is 9.61 Å². The lowest BCUT2D eigenvalue weighted by Crippen LogP contribution is -2.23. The zero-order valence-electron chi connectivity index (χ0n) is 17.7. The van der Waals surface area contributed by atoms with Gasteiger partial charge in [-0.1, -0.05) is 32.3 Å². The van der Waals surface area contributed by atoms with Gasteiger partial charge in [-0.3, -0.25) is 0 Å². The van der Waals surface area contributed by atoms with Gasteiger partial charge >= 0.3 is 0 Å². The van der Waals surface area contributed by atoms with Crippen LogP contribution in [0.3, 0.4) is 0 Å². The molecule has 7 nitrogen and oxygen atoms in total. The van der Waals surface area contributed by atoms with Crippen LogP contribution in [0.4, 0.5) is 11.6 Å². The Morgan fingerprint density at radius 1 is 1.13 bits per heavy atom. The van der Waals surface area contributed by atoms with Crippen molar-refractivity contribution in [3.8, 4) is 0 Å². The number of hydrogen-bond donors (Lipinski definition) is 2. The maximum Gasteiger partial charge on any atom is 0.162 e. The van der Waals surface area contributed by atoms with Crippen LogP contribution >= 0.6 is 0 Å². The van der Waals surface area contributed by atoms with E-state index >= 15 is 0 Å². The summed E-state index contributed by atoms with van der Waals surface area (Å²) in [5.74, 6) is 1.89. The lowest BCUT2D eigenvalue weighted by atomic mass is 9.95. The van der Waals surface area contributed by atoms with Gasteiger partial charge in [0.15, 0.2) is 5.65 Å². The van der Waals surface area contributed by atoms with Crippen LogP contribution in [0.25, 0.3) is 16.7 Å². The standard InChI is InChI=1S/C23H29N7/c1-3-17-14-26-30-22(12-21(28-23(17)30)27-18-7-5-4-6-8-18)24-13-16-9-10-20-19(11-16)25-15-29(20)2/h9-12,14-15,18,24H,3-8,13H2,1-2H3,(H,27,28). The molecule has 0 spiro atoms. The summed E-state index contributed by atoms with van der Waals surface area (Å²) in [5, 5.41) is 11.8. The van der Waals surface area contributed by atoms with E-state index < -0.39 is 0 Å². The molecule has 2 N–H and O–H groups in total. The Kier molecular flexibility index (Phi) is 5.02. The smallest absolute Gasteiger partial charge is 0.162 e. The van der Waals surface area contributed by atoms with Gasteiger partial charge in [0.25, 0.3) is 0 Å². The van der Waals surface area contributed by atoms with Crippen molar-refractivity contribution < 1.29 is 0 Å². The Hall–Kier alpha value is -3.09. The Bertz CT molecular complexity index is 1170. The van der Waals surface area contributed by atoms with Crippen molar-refractivity contribution in [2.45, 2.75) is 58.0 Å². The van der Waals surface area contributed by atoms with Gasteiger partial charge < -0.3 is 15.2 Å². The molecule has 3 aromatic heterocycles. The van der Waals surface area contributed by atoms with E-state index in [2.05, 4.69) is 51.9 Å². The third kappa shape index (κ3) is 3.60. The van der Waals surface area contributed by atoms with Crippen LogP contribution in [0.5, 0.6) is 0 Å². The van der Waals surface area contributed by atoms with E-state index in [1.807, 2.05) is 28.7 Å². The molecule has 0 aliphatic heterocycles. The molecule has 4 aromatic rings. The molecule has 0 bridgehead atoms. The minimum absolute atomic E-state index is 0.515. The fourth-order valence-corrected chi connectivity index (χ4v) is 4.40. The lowest BCUT2D eigenvalue weighted by Gasteiger charge is -2.23. The molecule has 7 heteroatoms. The number of benzene rings is 1. The third-order valence-corrected chi connectivity index (χ3v) is 6.15. The van der Waals surface area contributed by atoms with Gasteiger partial charge in [0.1, 0.15) is 11.6 Å². The molecule has 1 fully saturated rings. The molecule has 156 valence electrons. The summed E-state index contributed by atoms with van der Waals surface area (Å²) in [4.78, 5) is 9.37. The van der Waals surface area contributed by atoms with Crippen LogP contribution < -0.4 is 10.6 Å². The normalized spacial score (nSPS) is 15.1. The zero-order valence-corrected chi connectivity index (χ0v) is 17.7. The van der Waals surface area contributed by atoms with Gasteiger partial charge in [0.05, 0.1) is 23.6 Å². The van der Waals surface area contributed by atoms with Crippen LogP contribution in [-0.4, -0.2) is 30.2 Å². The van der Waals surface area contributed by atoms with E-state index in [9.17, 15) is 0 Å². The highest BCUT2D eigenvalue weighted by Crippen LogP contribution is 2.25. The van der Waals surface area contributed by atoms with Crippen molar-refractivity contribution in [1.29, 1.82) is 0 Å². The van der Waals surface area contributed by atoms with Crippen LogP contribution in [0.15, 0.2) is 36.8 Å². The first-order chi connectivity index (χ1) is 14.7. The molecule has 3 heterocycles. The first-order valence-electron chi connectivity index (χ1n) is 11.0. The van der Waals surface area contributed by atoms with E-state index in [1.54, 1.807) is 0 Å². The summed E-state index contributed by atoms with van der Waals surface area (Å²) >= 11 is 0. The second kappa shape index (κ2) is 7.97. The molecule has 1 aromatic carbocycles. The maximum atomic E-state index is 4.90. The first kappa shape index (κ1) is 18.9. The summed E-state index contributed by atoms with van der Waals surface area (Å²) in [6, 6.07) is 9.02. The number of imidazole rings is 1. The molecule has 1 aliphatic rings. The molecule has 30 heavy (non-hydrogen) atoms. The van der Waals surface area contributed by atoms with Crippen molar-refractivity contribution in [3.63, 3.8) is 0 Å². The number of aromatic nitrogens is 5. The van der Waals surface area contributed by atoms with E-state index in [0.29, 0.717) is 12.6 Å². The topological polar surface area (TPSA) is 72.1 Å². The molecular formula is C23H29N7. The van der Waals surface area contributed by atoms with Crippen LogP contribution in [0.1, 0.15) is 50.2 Å². The quantitative estimate of drug-likeness (QED) is 0.495. The van der Waals surface area contributed by atoms with E-state index in [-0.39, 0.29) is 0 Å². The second-order valence-electron chi connectivity index (χ2n) is 8.30. The van der Waals surface area contributed by atoms with Crippen LogP contribution in [-0.2, 0) is 20.0 Å². The third-order valence-electron chi connectivity index (χ3n) is 6.15. The van der Waals surface area contributed by atoms with Crippen molar-refractivity contribution in [1.82, 2.24) is 24.1 Å². The number of anilines is 2. The number of nitrogens with one attached hydrogen (secondary N) is 2. The highest BCUT2D eigenvalue weighted by atomic mass is 15.3. The number of nitrogens with zero attached hydrogens (tertiary/aromatic N) is 5. The van der Waals surface area contributed by atoms with Crippen molar-refractivity contribution in [2.75, 3.05) is 10.6 Å². The summed E-state index contributed by atoms with van der Waals surface area (Å²) in [5.41, 5.74) is 5.45. The number of rotatable bonds is 6. The number of fused-ring (bicyclic) bond motifs is 2. The molecular weight excluding hydrogens is 374 g/mol. The van der Waals surface area contributed by atoms with Crippen LogP contribution in [0, 0.1) is 0 Å². The minimum Gasteiger partial charge on any atom is -0.367 e. The number of hydrogen-bond acceptors (Lipinski definition) is 5. The summed E-state index contributed by atoms with van der Waals surface area (Å²) in [6.45, 7) is 2.85. The van der Waals surface area contributed by atoms with Crippen molar-refractivity contribution >= 4 is 28.3 Å². The Morgan fingerprint density at radius 3 is 2.83 bits per heavy atom. The molecule has 1 saturated carbocycles. The second-order valence-corrected chi connectivity index (χ2v) is 8.30. The van der Waals surface area contributed by atoms with Gasteiger partial charge in [-0.05, 0) is 37.0 Å². The fraction of sp³-hybridized carbons (Fsp3) is 0.435. The SMILES string of the molecule is CCc1cnn2c(NCc3ccc4c(c3)ncn4C)cc(NC3CCCCC3)nc12. The average Bonchev–Trinajstić information content (AvgIpc) is 3.36. The fourth-order valence-electron chi connectivity index (χ4n) is 4.40. The van der Waals surface area contributed by atoms with E-state index in [0.717, 1.165) is 34.7 Å². The first-order valence-corrected chi connectivity index (χ1v) is 11.0. The average molecular weight is 404 g/mol. The predicted molar refractivity (Wildman–Crippen MR) is 121 cm³/mol.